The van der Waals surface area contributed by atoms with Crippen LogP contribution in [0.1, 0.15) is 46.5 Å². The molecule has 0 bridgehead atoms. The third-order valence-electron chi connectivity index (χ3n) is 3.54. The van der Waals surface area contributed by atoms with E-state index in [0.717, 1.165) is 6.54 Å². The number of aliphatic hydroxyl groups is 1. The molecule has 0 aromatic heterocycles. The highest BCUT2D eigenvalue weighted by molar-refractivity contribution is 5.75. The van der Waals surface area contributed by atoms with Crippen molar-refractivity contribution in [3.63, 3.8) is 0 Å². The van der Waals surface area contributed by atoms with Gasteiger partial charge in [-0.3, -0.25) is 4.79 Å². The highest BCUT2D eigenvalue weighted by Gasteiger charge is 2.45. The van der Waals surface area contributed by atoms with Gasteiger partial charge in [0.05, 0.1) is 6.10 Å². The first-order valence-electron chi connectivity index (χ1n) is 5.91. The Morgan fingerprint density at radius 1 is 1.40 bits per heavy atom. The normalized spacial score (nSPS) is 20.1. The van der Waals surface area contributed by atoms with Crippen LogP contribution in [0.2, 0.25) is 0 Å². The minimum Gasteiger partial charge on any atom is -0.393 e. The van der Waals surface area contributed by atoms with Crippen molar-refractivity contribution in [1.82, 2.24) is 5.32 Å². The fourth-order valence-corrected chi connectivity index (χ4v) is 1.82. The Kier molecular flexibility index (Phi) is 4.14. The second kappa shape index (κ2) is 4.97. The van der Waals surface area contributed by atoms with Crippen molar-refractivity contribution in [3.05, 3.63) is 0 Å². The number of carbonyl (C=O) groups is 1. The van der Waals surface area contributed by atoms with Crippen LogP contribution in [0, 0.1) is 11.3 Å². The van der Waals surface area contributed by atoms with Crippen LogP contribution in [0.4, 0.5) is 0 Å². The quantitative estimate of drug-likeness (QED) is 0.705. The summed E-state index contributed by atoms with van der Waals surface area (Å²) in [7, 11) is 0. The number of hydrogen-bond acceptors (Lipinski definition) is 2. The van der Waals surface area contributed by atoms with Gasteiger partial charge < -0.3 is 10.4 Å². The van der Waals surface area contributed by atoms with Gasteiger partial charge in [0.25, 0.3) is 0 Å². The van der Waals surface area contributed by atoms with E-state index in [1.165, 1.54) is 12.8 Å². The zero-order valence-corrected chi connectivity index (χ0v) is 10.0. The van der Waals surface area contributed by atoms with E-state index >= 15 is 0 Å². The van der Waals surface area contributed by atoms with E-state index in [0.29, 0.717) is 24.2 Å². The molecule has 0 radical (unpaired) electrons. The lowest BCUT2D eigenvalue weighted by molar-refractivity contribution is -0.121. The van der Waals surface area contributed by atoms with Crippen LogP contribution in [0.25, 0.3) is 0 Å². The van der Waals surface area contributed by atoms with Crippen molar-refractivity contribution in [2.75, 3.05) is 6.54 Å². The van der Waals surface area contributed by atoms with Crippen LogP contribution < -0.4 is 5.32 Å². The number of carbonyl (C=O) groups excluding carboxylic acids is 1. The number of rotatable bonds is 6. The highest BCUT2D eigenvalue weighted by atomic mass is 16.3. The molecule has 1 saturated carbocycles. The van der Waals surface area contributed by atoms with Gasteiger partial charge in [-0.05, 0) is 37.5 Å². The largest absolute Gasteiger partial charge is 0.393 e. The van der Waals surface area contributed by atoms with Gasteiger partial charge in [0.2, 0.25) is 5.91 Å². The fraction of sp³-hybridized carbons (Fsp3) is 0.917. The van der Waals surface area contributed by atoms with Crippen molar-refractivity contribution < 1.29 is 9.90 Å². The maximum absolute atomic E-state index is 11.4. The Labute approximate surface area is 92.3 Å². The van der Waals surface area contributed by atoms with E-state index < -0.39 is 0 Å². The van der Waals surface area contributed by atoms with E-state index in [-0.39, 0.29) is 12.0 Å². The van der Waals surface area contributed by atoms with Crippen molar-refractivity contribution in [2.24, 2.45) is 11.3 Å². The summed E-state index contributed by atoms with van der Waals surface area (Å²) in [5.41, 5.74) is 0.375. The summed E-state index contributed by atoms with van der Waals surface area (Å²) >= 11 is 0. The third kappa shape index (κ3) is 3.82. The van der Waals surface area contributed by atoms with Crippen LogP contribution in [-0.4, -0.2) is 23.7 Å². The molecular formula is C12H23NO2. The summed E-state index contributed by atoms with van der Waals surface area (Å²) in [5, 5.41) is 12.0. The molecule has 1 unspecified atom stereocenters. The molecule has 0 saturated heterocycles. The SMILES string of the molecule is CC(O)CCC(=O)NCC1(C(C)C)CC1. The minimum atomic E-state index is -0.379. The van der Waals surface area contributed by atoms with Crippen molar-refractivity contribution in [2.45, 2.75) is 52.6 Å². The van der Waals surface area contributed by atoms with E-state index in [1.807, 2.05) is 0 Å². The average Bonchev–Trinajstić information content (AvgIpc) is 2.92. The second-order valence-electron chi connectivity index (χ2n) is 5.18. The summed E-state index contributed by atoms with van der Waals surface area (Å²) in [6, 6.07) is 0. The standard InChI is InChI=1S/C12H23NO2/c1-9(2)12(6-7-12)8-13-11(15)5-4-10(3)14/h9-10,14H,4-8H2,1-3H3,(H,13,15). The molecule has 88 valence electrons. The predicted molar refractivity (Wildman–Crippen MR) is 60.4 cm³/mol. The highest BCUT2D eigenvalue weighted by Crippen LogP contribution is 2.51. The summed E-state index contributed by atoms with van der Waals surface area (Å²) in [4.78, 5) is 11.4. The summed E-state index contributed by atoms with van der Waals surface area (Å²) in [6.45, 7) is 6.96. The average molecular weight is 213 g/mol. The molecule has 2 N–H and O–H groups in total. The first-order chi connectivity index (χ1) is 6.96. The molecule has 1 atom stereocenters. The Morgan fingerprint density at radius 2 is 2.00 bits per heavy atom. The molecule has 3 nitrogen and oxygen atoms in total. The molecule has 1 aliphatic carbocycles. The third-order valence-corrected chi connectivity index (χ3v) is 3.54. The van der Waals surface area contributed by atoms with Gasteiger partial charge in [-0.15, -0.1) is 0 Å². The number of hydrogen-bond donors (Lipinski definition) is 2. The molecule has 0 spiro atoms. The Morgan fingerprint density at radius 3 is 2.40 bits per heavy atom. The smallest absolute Gasteiger partial charge is 0.220 e. The maximum Gasteiger partial charge on any atom is 0.220 e. The lowest BCUT2D eigenvalue weighted by atomic mass is 9.92. The Hall–Kier alpha value is -0.570. The monoisotopic (exact) mass is 213 g/mol. The molecule has 1 rings (SSSR count). The van der Waals surface area contributed by atoms with Crippen molar-refractivity contribution in [1.29, 1.82) is 0 Å². The molecule has 0 aromatic rings. The molecule has 15 heavy (non-hydrogen) atoms. The summed E-state index contributed by atoms with van der Waals surface area (Å²) in [5.74, 6) is 0.720. The zero-order valence-electron chi connectivity index (χ0n) is 10.0. The van der Waals surface area contributed by atoms with Gasteiger partial charge >= 0.3 is 0 Å². The Bertz CT molecular complexity index is 220. The Balaban J connectivity index is 2.17. The van der Waals surface area contributed by atoms with Gasteiger partial charge in [0.1, 0.15) is 0 Å². The molecule has 1 aliphatic rings. The van der Waals surface area contributed by atoms with E-state index in [1.54, 1.807) is 6.92 Å². The van der Waals surface area contributed by atoms with Gasteiger partial charge in [-0.1, -0.05) is 13.8 Å². The number of aliphatic hydroxyl groups excluding tert-OH is 1. The van der Waals surface area contributed by atoms with Crippen LogP contribution in [0.3, 0.4) is 0 Å². The summed E-state index contributed by atoms with van der Waals surface area (Å²) < 4.78 is 0. The van der Waals surface area contributed by atoms with Gasteiger partial charge in [0, 0.05) is 13.0 Å². The maximum atomic E-state index is 11.4. The van der Waals surface area contributed by atoms with Crippen molar-refractivity contribution >= 4 is 5.91 Å². The van der Waals surface area contributed by atoms with Crippen molar-refractivity contribution in [3.8, 4) is 0 Å². The molecule has 0 heterocycles. The predicted octanol–water partition coefficient (Wildman–Crippen LogP) is 1.70. The number of amides is 1. The minimum absolute atomic E-state index is 0.0721. The van der Waals surface area contributed by atoms with Gasteiger partial charge in [-0.25, -0.2) is 0 Å². The lowest BCUT2D eigenvalue weighted by Gasteiger charge is -2.20. The molecule has 1 amide bonds. The summed E-state index contributed by atoms with van der Waals surface area (Å²) in [6.07, 6.45) is 3.09. The van der Waals surface area contributed by atoms with Gasteiger partial charge in [-0.2, -0.15) is 0 Å². The van der Waals surface area contributed by atoms with Gasteiger partial charge in [0.15, 0.2) is 0 Å². The first kappa shape index (κ1) is 12.5. The molecule has 0 aromatic carbocycles. The molecule has 1 fully saturated rings. The van der Waals surface area contributed by atoms with E-state index in [2.05, 4.69) is 19.2 Å². The fourth-order valence-electron chi connectivity index (χ4n) is 1.82. The van der Waals surface area contributed by atoms with E-state index in [9.17, 15) is 4.79 Å². The van der Waals surface area contributed by atoms with Crippen LogP contribution in [-0.2, 0) is 4.79 Å². The number of nitrogens with one attached hydrogen (secondary N) is 1. The topological polar surface area (TPSA) is 49.3 Å². The molecule has 0 aliphatic heterocycles. The zero-order chi connectivity index (χ0) is 11.5. The lowest BCUT2D eigenvalue weighted by Crippen LogP contribution is -2.32. The van der Waals surface area contributed by atoms with Crippen LogP contribution in [0.15, 0.2) is 0 Å². The second-order valence-corrected chi connectivity index (χ2v) is 5.18. The van der Waals surface area contributed by atoms with E-state index in [4.69, 9.17) is 5.11 Å². The molecule has 3 heteroatoms. The first-order valence-corrected chi connectivity index (χ1v) is 5.91. The van der Waals surface area contributed by atoms with Crippen LogP contribution >= 0.6 is 0 Å². The molecular weight excluding hydrogens is 190 g/mol. The van der Waals surface area contributed by atoms with Crippen LogP contribution in [0.5, 0.6) is 0 Å².